The van der Waals surface area contributed by atoms with E-state index in [9.17, 15) is 0 Å². The Morgan fingerprint density at radius 1 is 1.43 bits per heavy atom. The van der Waals surface area contributed by atoms with Gasteiger partial charge in [0.2, 0.25) is 5.95 Å². The lowest BCUT2D eigenvalue weighted by atomic mass is 10.3. The van der Waals surface area contributed by atoms with E-state index in [0.717, 1.165) is 31.9 Å². The van der Waals surface area contributed by atoms with Crippen molar-refractivity contribution < 1.29 is 0 Å². The largest absolute Gasteiger partial charge is 0.338 e. The zero-order valence-corrected chi connectivity index (χ0v) is 8.85. The number of nitrogens with two attached hydrogens (primary N) is 1. The molecule has 1 heterocycles. The van der Waals surface area contributed by atoms with Gasteiger partial charge in [-0.05, 0) is 16.8 Å². The molecule has 1 aromatic heterocycles. The zero-order chi connectivity index (χ0) is 10.4. The molecule has 0 aliphatic carbocycles. The van der Waals surface area contributed by atoms with Gasteiger partial charge in [-0.15, -0.1) is 0 Å². The van der Waals surface area contributed by atoms with E-state index in [1.165, 1.54) is 0 Å². The topological polar surface area (TPSA) is 72.9 Å². The second-order valence-corrected chi connectivity index (χ2v) is 3.23. The van der Waals surface area contributed by atoms with E-state index in [1.807, 2.05) is 7.05 Å². The maximum absolute atomic E-state index is 5.54. The first-order valence-corrected chi connectivity index (χ1v) is 4.97. The number of hydrogen-bond acceptors (Lipinski definition) is 5. The van der Waals surface area contributed by atoms with Gasteiger partial charge in [0.15, 0.2) is 0 Å². The van der Waals surface area contributed by atoms with E-state index >= 15 is 0 Å². The van der Waals surface area contributed by atoms with Crippen LogP contribution in [-0.2, 0) is 7.05 Å². The van der Waals surface area contributed by atoms with Crippen LogP contribution < -0.4 is 10.6 Å². The van der Waals surface area contributed by atoms with Crippen LogP contribution in [0.25, 0.3) is 0 Å². The average Bonchev–Trinajstić information content (AvgIpc) is 2.59. The molecule has 2 N–H and O–H groups in total. The van der Waals surface area contributed by atoms with Crippen LogP contribution in [-0.4, -0.2) is 39.8 Å². The molecule has 0 atom stereocenters. The number of unbranched alkanes of at least 4 members (excludes halogenated alkanes) is 1. The standard InChI is InChI=1S/C8H18N6/c1-3-4-6-14(7-5-9)8-10-11-12-13(8)2/h3-7,9H2,1-2H3. The van der Waals surface area contributed by atoms with Crippen molar-refractivity contribution in [1.29, 1.82) is 0 Å². The van der Waals surface area contributed by atoms with Crippen molar-refractivity contribution in [1.82, 2.24) is 20.2 Å². The van der Waals surface area contributed by atoms with Crippen LogP contribution in [0, 0.1) is 0 Å². The first-order valence-electron chi connectivity index (χ1n) is 4.97. The minimum absolute atomic E-state index is 0.622. The molecule has 0 amide bonds. The lowest BCUT2D eigenvalue weighted by Gasteiger charge is -2.20. The second kappa shape index (κ2) is 5.54. The number of aryl methyl sites for hydroxylation is 1. The fourth-order valence-corrected chi connectivity index (χ4v) is 1.31. The Balaban J connectivity index is 2.62. The quantitative estimate of drug-likeness (QED) is 0.684. The van der Waals surface area contributed by atoms with Gasteiger partial charge in [-0.25, -0.2) is 4.68 Å². The highest BCUT2D eigenvalue weighted by molar-refractivity contribution is 5.27. The van der Waals surface area contributed by atoms with E-state index < -0.39 is 0 Å². The normalized spacial score (nSPS) is 10.5. The maximum atomic E-state index is 5.54. The van der Waals surface area contributed by atoms with Gasteiger partial charge in [-0.3, -0.25) is 0 Å². The van der Waals surface area contributed by atoms with Crippen LogP contribution in [0.2, 0.25) is 0 Å². The highest BCUT2D eigenvalue weighted by Crippen LogP contribution is 2.07. The third-order valence-corrected chi connectivity index (χ3v) is 2.06. The van der Waals surface area contributed by atoms with E-state index in [0.29, 0.717) is 6.54 Å². The molecular weight excluding hydrogens is 180 g/mol. The van der Waals surface area contributed by atoms with Crippen LogP contribution in [0.3, 0.4) is 0 Å². The molecule has 6 nitrogen and oxygen atoms in total. The smallest absolute Gasteiger partial charge is 0.245 e. The molecule has 1 aromatic rings. The lowest BCUT2D eigenvalue weighted by molar-refractivity contribution is 0.655. The summed E-state index contributed by atoms with van der Waals surface area (Å²) in [6.07, 6.45) is 2.29. The van der Waals surface area contributed by atoms with Crippen LogP contribution in [0.1, 0.15) is 19.8 Å². The third-order valence-electron chi connectivity index (χ3n) is 2.06. The molecule has 0 unspecified atom stereocenters. The van der Waals surface area contributed by atoms with Crippen molar-refractivity contribution >= 4 is 5.95 Å². The summed E-state index contributed by atoms with van der Waals surface area (Å²) < 4.78 is 1.67. The number of rotatable bonds is 6. The van der Waals surface area contributed by atoms with Crippen LogP contribution in [0.5, 0.6) is 0 Å². The first-order chi connectivity index (χ1) is 6.79. The predicted octanol–water partition coefficient (Wildman–Crippen LogP) is -0.225. The molecule has 0 fully saturated rings. The summed E-state index contributed by atoms with van der Waals surface area (Å²) in [7, 11) is 1.84. The Bertz CT molecular complexity index is 258. The van der Waals surface area contributed by atoms with E-state index in [-0.39, 0.29) is 0 Å². The highest BCUT2D eigenvalue weighted by atomic mass is 15.6. The summed E-state index contributed by atoms with van der Waals surface area (Å²) in [5.74, 6) is 0.795. The highest BCUT2D eigenvalue weighted by Gasteiger charge is 2.10. The van der Waals surface area contributed by atoms with Gasteiger partial charge in [0.25, 0.3) is 0 Å². The molecule has 0 saturated heterocycles. The second-order valence-electron chi connectivity index (χ2n) is 3.23. The Morgan fingerprint density at radius 3 is 2.71 bits per heavy atom. The molecule has 14 heavy (non-hydrogen) atoms. The van der Waals surface area contributed by atoms with Crippen molar-refractivity contribution in [2.24, 2.45) is 12.8 Å². The van der Waals surface area contributed by atoms with Gasteiger partial charge in [0.1, 0.15) is 0 Å². The molecule has 0 saturated carbocycles. The van der Waals surface area contributed by atoms with E-state index in [4.69, 9.17) is 5.73 Å². The molecule has 6 heteroatoms. The molecule has 0 radical (unpaired) electrons. The van der Waals surface area contributed by atoms with Crippen LogP contribution in [0.15, 0.2) is 0 Å². The molecule has 0 aliphatic rings. The average molecular weight is 198 g/mol. The van der Waals surface area contributed by atoms with Crippen molar-refractivity contribution in [3.8, 4) is 0 Å². The Labute approximate surface area is 84.1 Å². The fraction of sp³-hybridized carbons (Fsp3) is 0.875. The first kappa shape index (κ1) is 10.9. The summed E-state index contributed by atoms with van der Waals surface area (Å²) in [4.78, 5) is 2.11. The molecule has 0 aliphatic heterocycles. The van der Waals surface area contributed by atoms with Gasteiger partial charge < -0.3 is 10.6 Å². The summed E-state index contributed by atoms with van der Waals surface area (Å²) in [6, 6.07) is 0. The number of aromatic nitrogens is 4. The van der Waals surface area contributed by atoms with Crippen molar-refractivity contribution in [3.63, 3.8) is 0 Å². The monoisotopic (exact) mass is 198 g/mol. The molecular formula is C8H18N6. The summed E-state index contributed by atoms with van der Waals surface area (Å²) in [6.45, 7) is 4.54. The fourth-order valence-electron chi connectivity index (χ4n) is 1.31. The summed E-state index contributed by atoms with van der Waals surface area (Å²) in [5.41, 5.74) is 5.54. The van der Waals surface area contributed by atoms with E-state index in [1.54, 1.807) is 4.68 Å². The van der Waals surface area contributed by atoms with Gasteiger partial charge in [0.05, 0.1) is 0 Å². The molecule has 1 rings (SSSR count). The number of anilines is 1. The predicted molar refractivity (Wildman–Crippen MR) is 55.0 cm³/mol. The van der Waals surface area contributed by atoms with Crippen LogP contribution >= 0.6 is 0 Å². The molecule has 0 aromatic carbocycles. The lowest BCUT2D eigenvalue weighted by Crippen LogP contribution is -2.32. The van der Waals surface area contributed by atoms with Gasteiger partial charge in [-0.2, -0.15) is 0 Å². The third kappa shape index (κ3) is 2.66. The van der Waals surface area contributed by atoms with Crippen LogP contribution in [0.4, 0.5) is 5.95 Å². The Hall–Kier alpha value is -1.17. The number of tetrazole rings is 1. The minimum Gasteiger partial charge on any atom is -0.338 e. The van der Waals surface area contributed by atoms with Crippen molar-refractivity contribution in [2.45, 2.75) is 19.8 Å². The summed E-state index contributed by atoms with van der Waals surface area (Å²) >= 11 is 0. The Morgan fingerprint density at radius 2 is 2.21 bits per heavy atom. The Kier molecular flexibility index (Phi) is 4.31. The van der Waals surface area contributed by atoms with Crippen molar-refractivity contribution in [2.75, 3.05) is 24.5 Å². The maximum Gasteiger partial charge on any atom is 0.245 e. The van der Waals surface area contributed by atoms with Gasteiger partial charge >= 0.3 is 0 Å². The summed E-state index contributed by atoms with van der Waals surface area (Å²) in [5, 5.41) is 11.4. The minimum atomic E-state index is 0.622. The van der Waals surface area contributed by atoms with Crippen molar-refractivity contribution in [3.05, 3.63) is 0 Å². The molecule has 0 bridgehead atoms. The molecule has 0 spiro atoms. The van der Waals surface area contributed by atoms with E-state index in [2.05, 4.69) is 27.3 Å². The zero-order valence-electron chi connectivity index (χ0n) is 8.85. The number of nitrogens with zero attached hydrogens (tertiary/aromatic N) is 5. The molecule has 80 valence electrons. The number of hydrogen-bond donors (Lipinski definition) is 1. The van der Waals surface area contributed by atoms with Gasteiger partial charge in [-0.1, -0.05) is 18.4 Å². The van der Waals surface area contributed by atoms with Gasteiger partial charge in [0, 0.05) is 26.7 Å². The SMILES string of the molecule is CCCCN(CCN)c1nnnn1C.